The van der Waals surface area contributed by atoms with E-state index in [9.17, 15) is 0 Å². The molecule has 2 unspecified atom stereocenters. The van der Waals surface area contributed by atoms with Crippen LogP contribution in [0.1, 0.15) is 53.4 Å². The average molecular weight is 309 g/mol. The van der Waals surface area contributed by atoms with Crippen LogP contribution >= 0.6 is 0 Å². The molecular weight excluding hydrogens is 272 g/mol. The average Bonchev–Trinajstić information content (AvgIpc) is 2.43. The summed E-state index contributed by atoms with van der Waals surface area (Å²) in [7, 11) is -0.312. The van der Waals surface area contributed by atoms with Crippen molar-refractivity contribution in [2.75, 3.05) is 13.1 Å². The van der Waals surface area contributed by atoms with Crippen molar-refractivity contribution in [2.45, 2.75) is 69.6 Å². The second-order valence-corrected chi connectivity index (χ2v) is 11.1. The molecule has 2 nitrogen and oxygen atoms in total. The minimum absolute atomic E-state index is 0.312. The van der Waals surface area contributed by atoms with E-state index in [-0.39, 0.29) is 9.52 Å². The molecule has 0 saturated heterocycles. The highest BCUT2D eigenvalue weighted by molar-refractivity contribution is 6.44. The third-order valence-corrected chi connectivity index (χ3v) is 8.93. The first-order valence-corrected chi connectivity index (χ1v) is 9.99. The van der Waals surface area contributed by atoms with Crippen LogP contribution in [0.5, 0.6) is 0 Å². The molecule has 21 heavy (non-hydrogen) atoms. The fourth-order valence-electron chi connectivity index (χ4n) is 3.54. The maximum atomic E-state index is 3.91. The normalized spacial score (nSPS) is 27.4. The van der Waals surface area contributed by atoms with Crippen LogP contribution in [-0.2, 0) is 0 Å². The first-order valence-electron chi connectivity index (χ1n) is 8.58. The third kappa shape index (κ3) is 5.08. The highest BCUT2D eigenvalue weighted by atomic mass is 28.2. The van der Waals surface area contributed by atoms with Gasteiger partial charge < -0.3 is 10.6 Å². The van der Waals surface area contributed by atoms with Gasteiger partial charge in [0.1, 0.15) is 0 Å². The molecule has 0 amide bonds. The van der Waals surface area contributed by atoms with Crippen molar-refractivity contribution in [3.8, 4) is 0 Å². The van der Waals surface area contributed by atoms with Crippen LogP contribution in [0.2, 0.25) is 5.04 Å². The largest absolute Gasteiger partial charge is 0.310 e. The van der Waals surface area contributed by atoms with Gasteiger partial charge in [0.15, 0.2) is 0 Å². The van der Waals surface area contributed by atoms with Crippen LogP contribution in [-0.4, -0.2) is 33.8 Å². The van der Waals surface area contributed by atoms with Crippen LogP contribution in [0.3, 0.4) is 0 Å². The Morgan fingerprint density at radius 1 is 1.24 bits per heavy atom. The van der Waals surface area contributed by atoms with Crippen molar-refractivity contribution in [1.29, 1.82) is 0 Å². The van der Waals surface area contributed by atoms with E-state index < -0.39 is 0 Å². The van der Waals surface area contributed by atoms with Gasteiger partial charge >= 0.3 is 0 Å². The molecule has 0 bridgehead atoms. The SMILES string of the molecule is C=CCNC1CCCCC1(NCC=C)[SiH2]C(C)(C)C(C)C. The molecule has 2 atom stereocenters. The molecule has 0 spiro atoms. The smallest absolute Gasteiger partial charge is 0.0528 e. The van der Waals surface area contributed by atoms with E-state index in [0.717, 1.165) is 19.0 Å². The van der Waals surface area contributed by atoms with Crippen LogP contribution < -0.4 is 10.6 Å². The highest BCUT2D eigenvalue weighted by Gasteiger charge is 2.44. The molecule has 0 aliphatic heterocycles. The van der Waals surface area contributed by atoms with Gasteiger partial charge in [-0.05, 0) is 23.8 Å². The summed E-state index contributed by atoms with van der Waals surface area (Å²) in [6.45, 7) is 19.3. The molecular formula is C18H36N2Si. The Bertz CT molecular complexity index is 338. The first kappa shape index (κ1) is 18.7. The van der Waals surface area contributed by atoms with E-state index in [0.29, 0.717) is 16.2 Å². The van der Waals surface area contributed by atoms with Crippen molar-refractivity contribution in [2.24, 2.45) is 5.92 Å². The molecule has 1 aliphatic rings. The van der Waals surface area contributed by atoms with E-state index in [1.807, 2.05) is 12.2 Å². The maximum absolute atomic E-state index is 3.91. The summed E-state index contributed by atoms with van der Waals surface area (Å²) in [5.41, 5.74) is 0. The Balaban J connectivity index is 2.97. The summed E-state index contributed by atoms with van der Waals surface area (Å²) in [4.78, 5) is 0. The van der Waals surface area contributed by atoms with Gasteiger partial charge in [0.05, 0.1) is 9.52 Å². The molecule has 1 aliphatic carbocycles. The second-order valence-electron chi connectivity index (χ2n) is 7.64. The number of rotatable bonds is 9. The Kier molecular flexibility index (Phi) is 7.38. The van der Waals surface area contributed by atoms with Crippen LogP contribution in [0.15, 0.2) is 25.3 Å². The van der Waals surface area contributed by atoms with Gasteiger partial charge in [0, 0.05) is 24.3 Å². The fourth-order valence-corrected chi connectivity index (χ4v) is 6.87. The summed E-state index contributed by atoms with van der Waals surface area (Å²) in [5, 5.41) is 8.45. The second kappa shape index (κ2) is 8.30. The van der Waals surface area contributed by atoms with E-state index >= 15 is 0 Å². The summed E-state index contributed by atoms with van der Waals surface area (Å²) in [5.74, 6) is 0.744. The standard InChI is InChI=1S/C18H36N2Si/c1-7-13-19-16-11-9-10-12-18(16,20-14-8-2)21-17(5,6)15(3)4/h7-8,15-16,19-20H,1-2,9-14,21H2,3-6H3. The first-order chi connectivity index (χ1) is 9.88. The molecule has 1 saturated carbocycles. The van der Waals surface area contributed by atoms with Crippen LogP contribution in [0.25, 0.3) is 0 Å². The number of nitrogens with one attached hydrogen (secondary N) is 2. The van der Waals surface area contributed by atoms with Gasteiger partial charge in [0.2, 0.25) is 0 Å². The number of hydrogen-bond acceptors (Lipinski definition) is 2. The molecule has 122 valence electrons. The van der Waals surface area contributed by atoms with E-state index in [1.165, 1.54) is 25.7 Å². The molecule has 1 fully saturated rings. The van der Waals surface area contributed by atoms with E-state index in [4.69, 9.17) is 0 Å². The zero-order valence-corrected chi connectivity index (χ0v) is 16.1. The van der Waals surface area contributed by atoms with Gasteiger partial charge in [-0.3, -0.25) is 0 Å². The highest BCUT2D eigenvalue weighted by Crippen LogP contribution is 2.40. The van der Waals surface area contributed by atoms with Gasteiger partial charge in [-0.1, -0.05) is 52.7 Å². The predicted molar refractivity (Wildman–Crippen MR) is 98.8 cm³/mol. The zero-order valence-electron chi connectivity index (χ0n) is 14.7. The van der Waals surface area contributed by atoms with Crippen LogP contribution in [0.4, 0.5) is 0 Å². The molecule has 0 aromatic heterocycles. The van der Waals surface area contributed by atoms with Gasteiger partial charge in [-0.15, -0.1) is 13.2 Å². The molecule has 0 aromatic rings. The lowest BCUT2D eigenvalue weighted by atomic mass is 9.89. The van der Waals surface area contributed by atoms with Crippen molar-refractivity contribution in [3.63, 3.8) is 0 Å². The molecule has 1 rings (SSSR count). The van der Waals surface area contributed by atoms with E-state index in [1.54, 1.807) is 0 Å². The summed E-state index contributed by atoms with van der Waals surface area (Å²) in [6.07, 6.45) is 9.32. The number of hydrogen-bond donors (Lipinski definition) is 2. The topological polar surface area (TPSA) is 24.1 Å². The predicted octanol–water partition coefficient (Wildman–Crippen LogP) is 3.20. The van der Waals surface area contributed by atoms with Crippen molar-refractivity contribution in [1.82, 2.24) is 10.6 Å². The summed E-state index contributed by atoms with van der Waals surface area (Å²) < 4.78 is 0. The minimum Gasteiger partial charge on any atom is -0.310 e. The van der Waals surface area contributed by atoms with Crippen molar-refractivity contribution in [3.05, 3.63) is 25.3 Å². The minimum atomic E-state index is -0.312. The quantitative estimate of drug-likeness (QED) is 0.505. The van der Waals surface area contributed by atoms with Crippen LogP contribution in [0, 0.1) is 5.92 Å². The fraction of sp³-hybridized carbons (Fsp3) is 0.778. The Morgan fingerprint density at radius 3 is 2.48 bits per heavy atom. The molecule has 0 radical (unpaired) electrons. The lowest BCUT2D eigenvalue weighted by Crippen LogP contribution is -2.66. The third-order valence-electron chi connectivity index (χ3n) is 5.47. The molecule has 3 heteroatoms. The Labute approximate surface area is 134 Å². The molecule has 0 heterocycles. The maximum Gasteiger partial charge on any atom is 0.0528 e. The van der Waals surface area contributed by atoms with Gasteiger partial charge in [0.25, 0.3) is 0 Å². The monoisotopic (exact) mass is 308 g/mol. The molecule has 0 aromatic carbocycles. The lowest BCUT2D eigenvalue weighted by Gasteiger charge is -2.50. The Hall–Kier alpha value is -0.383. The zero-order chi connectivity index (χ0) is 15.9. The van der Waals surface area contributed by atoms with E-state index in [2.05, 4.69) is 51.5 Å². The summed E-state index contributed by atoms with van der Waals surface area (Å²) >= 11 is 0. The van der Waals surface area contributed by atoms with Crippen molar-refractivity contribution < 1.29 is 0 Å². The lowest BCUT2D eigenvalue weighted by molar-refractivity contribution is 0.246. The Morgan fingerprint density at radius 2 is 1.90 bits per heavy atom. The van der Waals surface area contributed by atoms with Crippen molar-refractivity contribution >= 4 is 9.52 Å². The van der Waals surface area contributed by atoms with Gasteiger partial charge in [-0.2, -0.15) is 0 Å². The molecule has 2 N–H and O–H groups in total. The summed E-state index contributed by atoms with van der Waals surface area (Å²) in [6, 6.07) is 0.592. The van der Waals surface area contributed by atoms with Gasteiger partial charge in [-0.25, -0.2) is 0 Å².